The standard InChI is InChI=1S/C28H30N2O6S/c31-26-12-11-24(37(34,35)29-19-23-9-5-2-6-10-23)18-25(26)28(33)36-20-27(32)30-15-13-22(14-16-30)17-21-7-3-1-4-8-21/h1-12,18,22,29,31H,13-17,19-20H2. The average molecular weight is 523 g/mol. The van der Waals surface area contributed by atoms with Gasteiger partial charge in [-0.3, -0.25) is 4.79 Å². The van der Waals surface area contributed by atoms with E-state index in [2.05, 4.69) is 16.9 Å². The molecule has 1 aliphatic heterocycles. The Bertz CT molecular complexity index is 1320. The zero-order valence-corrected chi connectivity index (χ0v) is 21.2. The molecule has 0 radical (unpaired) electrons. The topological polar surface area (TPSA) is 113 Å². The van der Waals surface area contributed by atoms with Gasteiger partial charge < -0.3 is 14.7 Å². The van der Waals surface area contributed by atoms with Crippen molar-refractivity contribution in [1.82, 2.24) is 9.62 Å². The first-order valence-corrected chi connectivity index (χ1v) is 13.7. The zero-order chi connectivity index (χ0) is 26.3. The van der Waals surface area contributed by atoms with Gasteiger partial charge in [-0.25, -0.2) is 17.9 Å². The van der Waals surface area contributed by atoms with Crippen LogP contribution in [0.3, 0.4) is 0 Å². The summed E-state index contributed by atoms with van der Waals surface area (Å²) in [5.41, 5.74) is 1.73. The Labute approximate surface area is 216 Å². The van der Waals surface area contributed by atoms with Gasteiger partial charge in [0, 0.05) is 19.6 Å². The van der Waals surface area contributed by atoms with Crippen molar-refractivity contribution in [2.45, 2.75) is 30.7 Å². The quantitative estimate of drug-likeness (QED) is 0.416. The minimum atomic E-state index is -3.95. The summed E-state index contributed by atoms with van der Waals surface area (Å²) in [6.45, 7) is 0.755. The summed E-state index contributed by atoms with van der Waals surface area (Å²) < 4.78 is 33.0. The zero-order valence-electron chi connectivity index (χ0n) is 20.4. The molecule has 0 unspecified atom stereocenters. The summed E-state index contributed by atoms with van der Waals surface area (Å²) in [5, 5.41) is 10.1. The van der Waals surface area contributed by atoms with Crippen LogP contribution < -0.4 is 4.72 Å². The van der Waals surface area contributed by atoms with Crippen LogP contribution in [0.1, 0.15) is 34.3 Å². The van der Waals surface area contributed by atoms with E-state index in [9.17, 15) is 23.1 Å². The molecule has 8 nitrogen and oxygen atoms in total. The monoisotopic (exact) mass is 522 g/mol. The smallest absolute Gasteiger partial charge is 0.342 e. The lowest BCUT2D eigenvalue weighted by Crippen LogP contribution is -2.41. The highest BCUT2D eigenvalue weighted by molar-refractivity contribution is 7.89. The van der Waals surface area contributed by atoms with Crippen molar-refractivity contribution in [2.24, 2.45) is 5.92 Å². The van der Waals surface area contributed by atoms with Crippen molar-refractivity contribution in [3.63, 3.8) is 0 Å². The fourth-order valence-corrected chi connectivity index (χ4v) is 5.38. The van der Waals surface area contributed by atoms with E-state index >= 15 is 0 Å². The molecule has 0 aromatic heterocycles. The second-order valence-corrected chi connectivity index (χ2v) is 10.8. The molecule has 0 atom stereocenters. The lowest BCUT2D eigenvalue weighted by molar-refractivity contribution is -0.135. The maximum atomic E-state index is 12.7. The number of rotatable bonds is 9. The Balaban J connectivity index is 1.30. The number of likely N-dealkylation sites (tertiary alicyclic amines) is 1. The number of sulfonamides is 1. The van der Waals surface area contributed by atoms with Crippen LogP contribution in [0, 0.1) is 5.92 Å². The van der Waals surface area contributed by atoms with Gasteiger partial charge in [-0.05, 0) is 54.5 Å². The number of benzene rings is 3. The molecule has 194 valence electrons. The van der Waals surface area contributed by atoms with Gasteiger partial charge in [0.15, 0.2) is 6.61 Å². The van der Waals surface area contributed by atoms with E-state index in [1.807, 2.05) is 24.3 Å². The highest BCUT2D eigenvalue weighted by Crippen LogP contribution is 2.24. The van der Waals surface area contributed by atoms with E-state index in [1.165, 1.54) is 11.6 Å². The number of nitrogens with one attached hydrogen (secondary N) is 1. The molecule has 1 fully saturated rings. The van der Waals surface area contributed by atoms with Gasteiger partial charge in [-0.15, -0.1) is 0 Å². The summed E-state index contributed by atoms with van der Waals surface area (Å²) in [4.78, 5) is 26.7. The molecule has 9 heteroatoms. The molecule has 1 amide bonds. The Morgan fingerprint density at radius 1 is 0.919 bits per heavy atom. The number of hydrogen-bond donors (Lipinski definition) is 2. The number of carbonyl (C=O) groups is 2. The van der Waals surface area contributed by atoms with Gasteiger partial charge in [0.1, 0.15) is 11.3 Å². The Kier molecular flexibility index (Phi) is 8.58. The van der Waals surface area contributed by atoms with Crippen LogP contribution in [-0.4, -0.2) is 50.0 Å². The second kappa shape index (κ2) is 12.0. The number of carbonyl (C=O) groups excluding carboxylic acids is 2. The molecule has 3 aromatic rings. The van der Waals surface area contributed by atoms with E-state index in [0.29, 0.717) is 19.0 Å². The van der Waals surface area contributed by atoms with Crippen LogP contribution in [0.2, 0.25) is 0 Å². The number of hydrogen-bond acceptors (Lipinski definition) is 6. The maximum Gasteiger partial charge on any atom is 0.342 e. The molecule has 4 rings (SSSR count). The van der Waals surface area contributed by atoms with Crippen LogP contribution in [-0.2, 0) is 32.5 Å². The van der Waals surface area contributed by atoms with Crippen LogP contribution >= 0.6 is 0 Å². The number of nitrogens with zero attached hydrogens (tertiary/aromatic N) is 1. The Morgan fingerprint density at radius 2 is 1.54 bits per heavy atom. The fraction of sp³-hybridized carbons (Fsp3) is 0.286. The molecular formula is C28H30N2O6S. The lowest BCUT2D eigenvalue weighted by atomic mass is 9.90. The normalized spacial score (nSPS) is 14.3. The first-order chi connectivity index (χ1) is 17.8. The van der Waals surface area contributed by atoms with E-state index in [1.54, 1.807) is 29.2 Å². The van der Waals surface area contributed by atoms with Gasteiger partial charge >= 0.3 is 5.97 Å². The van der Waals surface area contributed by atoms with Gasteiger partial charge in [0.2, 0.25) is 10.0 Å². The minimum Gasteiger partial charge on any atom is -0.507 e. The van der Waals surface area contributed by atoms with E-state index in [0.717, 1.165) is 37.0 Å². The fourth-order valence-electron chi connectivity index (χ4n) is 4.33. The SMILES string of the molecule is O=C(OCC(=O)N1CCC(Cc2ccccc2)CC1)c1cc(S(=O)(=O)NCc2ccccc2)ccc1O. The number of aromatic hydroxyl groups is 1. The second-order valence-electron chi connectivity index (χ2n) is 9.08. The van der Waals surface area contributed by atoms with E-state index in [4.69, 9.17) is 4.74 Å². The predicted molar refractivity (Wildman–Crippen MR) is 138 cm³/mol. The molecule has 0 saturated carbocycles. The van der Waals surface area contributed by atoms with Crippen LogP contribution in [0.4, 0.5) is 0 Å². The Morgan fingerprint density at radius 3 is 2.19 bits per heavy atom. The van der Waals surface area contributed by atoms with Crippen LogP contribution in [0.25, 0.3) is 0 Å². The Hall–Kier alpha value is -3.69. The van der Waals surface area contributed by atoms with Gasteiger partial charge in [0.05, 0.1) is 4.90 Å². The summed E-state index contributed by atoms with van der Waals surface area (Å²) in [5.74, 6) is -1.23. The van der Waals surface area contributed by atoms with Crippen molar-refractivity contribution in [1.29, 1.82) is 0 Å². The summed E-state index contributed by atoms with van der Waals surface area (Å²) in [7, 11) is -3.95. The van der Waals surface area contributed by atoms with Crippen molar-refractivity contribution in [3.8, 4) is 5.75 Å². The first-order valence-electron chi connectivity index (χ1n) is 12.2. The van der Waals surface area contributed by atoms with Crippen molar-refractivity contribution >= 4 is 21.9 Å². The summed E-state index contributed by atoms with van der Waals surface area (Å²) in [6.07, 6.45) is 2.70. The largest absolute Gasteiger partial charge is 0.507 e. The number of phenols is 1. The number of piperidine rings is 1. The van der Waals surface area contributed by atoms with E-state index < -0.39 is 28.3 Å². The molecule has 0 spiro atoms. The van der Waals surface area contributed by atoms with Crippen molar-refractivity contribution in [2.75, 3.05) is 19.7 Å². The molecule has 3 aromatic carbocycles. The third-order valence-electron chi connectivity index (χ3n) is 6.47. The predicted octanol–water partition coefficient (Wildman–Crippen LogP) is 3.51. The van der Waals surface area contributed by atoms with E-state index in [-0.39, 0.29) is 22.9 Å². The number of ether oxygens (including phenoxy) is 1. The van der Waals surface area contributed by atoms with Gasteiger partial charge in [0.25, 0.3) is 5.91 Å². The number of amides is 1. The van der Waals surface area contributed by atoms with Gasteiger partial charge in [-0.2, -0.15) is 0 Å². The molecule has 0 aliphatic carbocycles. The minimum absolute atomic E-state index is 0.0698. The van der Waals surface area contributed by atoms with Crippen molar-refractivity contribution < 1.29 is 27.9 Å². The molecule has 1 saturated heterocycles. The highest BCUT2D eigenvalue weighted by atomic mass is 32.2. The van der Waals surface area contributed by atoms with Crippen molar-refractivity contribution in [3.05, 3.63) is 95.6 Å². The lowest BCUT2D eigenvalue weighted by Gasteiger charge is -2.32. The molecular weight excluding hydrogens is 492 g/mol. The van der Waals surface area contributed by atoms with Gasteiger partial charge in [-0.1, -0.05) is 60.7 Å². The third-order valence-corrected chi connectivity index (χ3v) is 7.87. The molecule has 2 N–H and O–H groups in total. The number of phenolic OH excluding ortho intramolecular Hbond substituents is 1. The van der Waals surface area contributed by atoms with Crippen LogP contribution in [0.5, 0.6) is 5.75 Å². The first kappa shape index (κ1) is 26.4. The molecule has 37 heavy (non-hydrogen) atoms. The van der Waals surface area contributed by atoms with Crippen LogP contribution in [0.15, 0.2) is 83.8 Å². The molecule has 0 bridgehead atoms. The summed E-state index contributed by atoms with van der Waals surface area (Å²) >= 11 is 0. The maximum absolute atomic E-state index is 12.7. The highest BCUT2D eigenvalue weighted by Gasteiger charge is 2.25. The molecule has 1 heterocycles. The average Bonchev–Trinajstić information content (AvgIpc) is 2.92. The third kappa shape index (κ3) is 7.18. The molecule has 1 aliphatic rings. The number of esters is 1. The summed E-state index contributed by atoms with van der Waals surface area (Å²) in [6, 6.07) is 22.6.